The molecule has 0 saturated heterocycles. The molecule has 0 aromatic carbocycles. The van der Waals surface area contributed by atoms with Gasteiger partial charge in [-0.05, 0) is 25.7 Å². The van der Waals surface area contributed by atoms with Crippen LogP contribution in [0.2, 0.25) is 0 Å². The van der Waals surface area contributed by atoms with E-state index in [0.717, 1.165) is 19.3 Å². The van der Waals surface area contributed by atoms with Gasteiger partial charge in [-0.25, -0.2) is 0 Å². The lowest BCUT2D eigenvalue weighted by Gasteiger charge is -2.03. The van der Waals surface area contributed by atoms with Crippen molar-refractivity contribution in [3.63, 3.8) is 0 Å². The number of nitrogens with one attached hydrogen (secondary N) is 1. The Balaban J connectivity index is -0.000000439. The van der Waals surface area contributed by atoms with Crippen molar-refractivity contribution in [3.05, 3.63) is 0 Å². The van der Waals surface area contributed by atoms with Gasteiger partial charge in [0.15, 0.2) is 0 Å². The van der Waals surface area contributed by atoms with Gasteiger partial charge in [-0.15, -0.1) is 0 Å². The van der Waals surface area contributed by atoms with Crippen LogP contribution >= 0.6 is 0 Å². The fourth-order valence-corrected chi connectivity index (χ4v) is 0.950. The molecule has 0 aliphatic rings. The molecular weight excluding hydrogens is 218 g/mol. The van der Waals surface area contributed by atoms with E-state index in [0.29, 0.717) is 19.4 Å². The molecule has 0 aliphatic carbocycles. The topological polar surface area (TPSA) is 69.6 Å². The summed E-state index contributed by atoms with van der Waals surface area (Å²) in [5.74, 6) is 0.0337. The van der Waals surface area contributed by atoms with E-state index >= 15 is 0 Å². The maximum Gasteiger partial charge on any atom is 0.219 e. The lowest BCUT2D eigenvalue weighted by molar-refractivity contribution is -0.121. The van der Waals surface area contributed by atoms with E-state index in [1.54, 1.807) is 0 Å². The SMILES string of the molecule is CC.CC.O=C(CCCCO)NCCCCO. The van der Waals surface area contributed by atoms with Crippen LogP contribution in [0.1, 0.15) is 59.8 Å². The van der Waals surface area contributed by atoms with Gasteiger partial charge < -0.3 is 15.5 Å². The Kier molecular flexibility index (Phi) is 31.3. The second-order valence-corrected chi connectivity index (χ2v) is 2.96. The first kappa shape index (κ1) is 21.7. The number of unbranched alkanes of at least 4 members (excludes halogenated alkanes) is 2. The van der Waals surface area contributed by atoms with Crippen LogP contribution in [-0.4, -0.2) is 35.9 Å². The van der Waals surface area contributed by atoms with E-state index in [2.05, 4.69) is 5.32 Å². The van der Waals surface area contributed by atoms with Gasteiger partial charge in [0.2, 0.25) is 5.91 Å². The fraction of sp³-hybridized carbons (Fsp3) is 0.923. The van der Waals surface area contributed by atoms with Crippen molar-refractivity contribution in [2.75, 3.05) is 19.8 Å². The number of amides is 1. The van der Waals surface area contributed by atoms with Crippen LogP contribution in [0.25, 0.3) is 0 Å². The number of hydrogen-bond acceptors (Lipinski definition) is 3. The summed E-state index contributed by atoms with van der Waals surface area (Å²) >= 11 is 0. The molecule has 17 heavy (non-hydrogen) atoms. The third kappa shape index (κ3) is 25.6. The molecule has 0 radical (unpaired) electrons. The predicted octanol–water partition coefficient (Wildman–Crippen LogP) is 2.09. The van der Waals surface area contributed by atoms with Crippen molar-refractivity contribution in [2.24, 2.45) is 0 Å². The Bertz CT molecular complexity index is 130. The van der Waals surface area contributed by atoms with Crippen molar-refractivity contribution in [1.82, 2.24) is 5.32 Å². The van der Waals surface area contributed by atoms with Gasteiger partial charge in [-0.2, -0.15) is 0 Å². The highest BCUT2D eigenvalue weighted by atomic mass is 16.3. The molecule has 4 nitrogen and oxygen atoms in total. The molecule has 0 fully saturated rings. The van der Waals surface area contributed by atoms with Crippen molar-refractivity contribution in [3.8, 4) is 0 Å². The predicted molar refractivity (Wildman–Crippen MR) is 73.0 cm³/mol. The number of hydrogen-bond donors (Lipinski definition) is 3. The molecule has 0 atom stereocenters. The summed E-state index contributed by atoms with van der Waals surface area (Å²) in [5.41, 5.74) is 0. The molecule has 3 N–H and O–H groups in total. The van der Waals surface area contributed by atoms with Crippen molar-refractivity contribution >= 4 is 5.91 Å². The Morgan fingerprint density at radius 2 is 1.35 bits per heavy atom. The molecular formula is C13H31NO3. The maximum atomic E-state index is 11.0. The minimum Gasteiger partial charge on any atom is -0.396 e. The molecule has 0 rings (SSSR count). The summed E-state index contributed by atoms with van der Waals surface area (Å²) in [6, 6.07) is 0. The molecule has 0 unspecified atom stereocenters. The Labute approximate surface area is 106 Å². The first-order valence-electron chi connectivity index (χ1n) is 6.79. The van der Waals surface area contributed by atoms with E-state index in [9.17, 15) is 4.79 Å². The van der Waals surface area contributed by atoms with Gasteiger partial charge in [0.05, 0.1) is 0 Å². The number of rotatable bonds is 8. The minimum absolute atomic E-state index is 0.0337. The second kappa shape index (κ2) is 24.6. The van der Waals surface area contributed by atoms with E-state index in [1.165, 1.54) is 0 Å². The average Bonchev–Trinajstić information content (AvgIpc) is 2.40. The van der Waals surface area contributed by atoms with Gasteiger partial charge >= 0.3 is 0 Å². The number of aliphatic hydroxyl groups is 2. The van der Waals surface area contributed by atoms with Crippen LogP contribution in [0.3, 0.4) is 0 Å². The van der Waals surface area contributed by atoms with Gasteiger partial charge in [0.25, 0.3) is 0 Å². The molecule has 0 bridgehead atoms. The zero-order valence-electron chi connectivity index (χ0n) is 12.0. The normalized spacial score (nSPS) is 8.35. The lowest BCUT2D eigenvalue weighted by atomic mass is 10.2. The largest absolute Gasteiger partial charge is 0.396 e. The zero-order valence-corrected chi connectivity index (χ0v) is 12.0. The molecule has 1 amide bonds. The third-order valence-electron chi connectivity index (χ3n) is 1.72. The zero-order chi connectivity index (χ0) is 13.9. The van der Waals surface area contributed by atoms with Crippen molar-refractivity contribution in [2.45, 2.75) is 59.8 Å². The van der Waals surface area contributed by atoms with Crippen LogP contribution in [0, 0.1) is 0 Å². The van der Waals surface area contributed by atoms with Crippen LogP contribution < -0.4 is 5.32 Å². The van der Waals surface area contributed by atoms with E-state index < -0.39 is 0 Å². The molecule has 106 valence electrons. The summed E-state index contributed by atoms with van der Waals surface area (Å²) < 4.78 is 0. The number of carbonyl (C=O) groups is 1. The first-order chi connectivity index (χ1) is 8.31. The van der Waals surface area contributed by atoms with Crippen LogP contribution in [0.4, 0.5) is 0 Å². The third-order valence-corrected chi connectivity index (χ3v) is 1.72. The van der Waals surface area contributed by atoms with Gasteiger partial charge in [-0.3, -0.25) is 4.79 Å². The van der Waals surface area contributed by atoms with Crippen LogP contribution in [-0.2, 0) is 4.79 Å². The van der Waals surface area contributed by atoms with Gasteiger partial charge in [0.1, 0.15) is 0 Å². The number of carbonyl (C=O) groups excluding carboxylic acids is 1. The summed E-state index contributed by atoms with van der Waals surface area (Å²) in [4.78, 5) is 11.0. The summed E-state index contributed by atoms with van der Waals surface area (Å²) in [5, 5.41) is 19.7. The summed E-state index contributed by atoms with van der Waals surface area (Å²) in [6.07, 6.45) is 3.46. The molecule has 0 aromatic rings. The minimum atomic E-state index is 0.0337. The number of aliphatic hydroxyl groups excluding tert-OH is 2. The monoisotopic (exact) mass is 249 g/mol. The van der Waals surface area contributed by atoms with Crippen LogP contribution in [0.5, 0.6) is 0 Å². The highest BCUT2D eigenvalue weighted by molar-refractivity contribution is 5.75. The van der Waals surface area contributed by atoms with Crippen molar-refractivity contribution in [1.29, 1.82) is 0 Å². The Hall–Kier alpha value is -0.610. The molecule has 0 saturated carbocycles. The molecule has 0 aromatic heterocycles. The summed E-state index contributed by atoms with van der Waals surface area (Å²) in [7, 11) is 0. The molecule has 0 spiro atoms. The molecule has 4 heteroatoms. The van der Waals surface area contributed by atoms with Crippen LogP contribution in [0.15, 0.2) is 0 Å². The van der Waals surface area contributed by atoms with Gasteiger partial charge in [0, 0.05) is 26.2 Å². The molecule has 0 heterocycles. The smallest absolute Gasteiger partial charge is 0.219 e. The second-order valence-electron chi connectivity index (χ2n) is 2.96. The standard InChI is InChI=1S/C9H19NO3.2C2H6/c11-7-3-1-5-9(13)10-6-2-4-8-12;2*1-2/h11-12H,1-8H2,(H,10,13);2*1-2H3. The van der Waals surface area contributed by atoms with Crippen molar-refractivity contribution < 1.29 is 15.0 Å². The lowest BCUT2D eigenvalue weighted by Crippen LogP contribution is -2.24. The Morgan fingerprint density at radius 3 is 1.82 bits per heavy atom. The first-order valence-corrected chi connectivity index (χ1v) is 6.79. The highest BCUT2D eigenvalue weighted by Crippen LogP contribution is 1.94. The van der Waals surface area contributed by atoms with E-state index in [1.807, 2.05) is 27.7 Å². The van der Waals surface area contributed by atoms with Gasteiger partial charge in [-0.1, -0.05) is 27.7 Å². The summed E-state index contributed by atoms with van der Waals surface area (Å²) in [6.45, 7) is 8.97. The maximum absolute atomic E-state index is 11.0. The quantitative estimate of drug-likeness (QED) is 0.577. The Morgan fingerprint density at radius 1 is 0.882 bits per heavy atom. The highest BCUT2D eigenvalue weighted by Gasteiger charge is 1.98. The fourth-order valence-electron chi connectivity index (χ4n) is 0.950. The molecule has 0 aliphatic heterocycles. The van der Waals surface area contributed by atoms with E-state index in [4.69, 9.17) is 10.2 Å². The average molecular weight is 249 g/mol. The van der Waals surface area contributed by atoms with E-state index in [-0.39, 0.29) is 19.1 Å².